The first-order valence-corrected chi connectivity index (χ1v) is 12.9. The fraction of sp³-hybridized carbons (Fsp3) is 0.452. The van der Waals surface area contributed by atoms with Crippen LogP contribution in [0.1, 0.15) is 68.6 Å². The van der Waals surface area contributed by atoms with Crippen molar-refractivity contribution >= 4 is 5.97 Å². The van der Waals surface area contributed by atoms with Crippen LogP contribution in [0.5, 0.6) is 11.5 Å². The van der Waals surface area contributed by atoms with E-state index in [1.54, 1.807) is 12.1 Å². The average molecular weight is 476 g/mol. The number of hydrogen-bond donors (Lipinski definition) is 1. The van der Waals surface area contributed by atoms with Crippen LogP contribution in [0.15, 0.2) is 66.8 Å². The standard InChI is InChI=1S/C28H35NO3.C3H6/c1-20-7-6-10-24(15-20)28-25(30)16-21(2)17-26(28)32-27(31)19-29-13-11-23(12-14-29)18-22-8-4-3-5-9-22;1-3-2/h3-5,8-9,15-17,23-24,30H,6-7,10-14,18-19H2,1-2H3;3H,1H2,2H3. The van der Waals surface area contributed by atoms with Gasteiger partial charge in [-0.25, -0.2) is 0 Å². The zero-order chi connectivity index (χ0) is 25.2. The number of carbonyl (C=O) groups is 1. The first-order valence-electron chi connectivity index (χ1n) is 12.9. The summed E-state index contributed by atoms with van der Waals surface area (Å²) in [7, 11) is 0. The summed E-state index contributed by atoms with van der Waals surface area (Å²) in [6.07, 6.45) is 10.4. The molecule has 4 rings (SSSR count). The van der Waals surface area contributed by atoms with E-state index in [1.165, 1.54) is 11.1 Å². The number of rotatable bonds is 6. The Kier molecular flexibility index (Phi) is 10.2. The summed E-state index contributed by atoms with van der Waals surface area (Å²) in [5.74, 6) is 1.27. The number of benzene rings is 2. The fourth-order valence-corrected chi connectivity index (χ4v) is 5.18. The molecule has 1 fully saturated rings. The molecule has 35 heavy (non-hydrogen) atoms. The molecule has 1 atom stereocenters. The van der Waals surface area contributed by atoms with Gasteiger partial charge in [-0.15, -0.1) is 6.58 Å². The second-order valence-corrected chi connectivity index (χ2v) is 10.00. The Labute approximate surface area is 211 Å². The maximum absolute atomic E-state index is 12.8. The van der Waals surface area contributed by atoms with Crippen LogP contribution in [-0.4, -0.2) is 35.6 Å². The lowest BCUT2D eigenvalue weighted by Crippen LogP contribution is -2.39. The molecule has 0 bridgehead atoms. The third-order valence-corrected chi connectivity index (χ3v) is 6.86. The van der Waals surface area contributed by atoms with Crippen LogP contribution in [0.3, 0.4) is 0 Å². The van der Waals surface area contributed by atoms with Gasteiger partial charge in [-0.05, 0) is 102 Å². The van der Waals surface area contributed by atoms with Gasteiger partial charge in [0.15, 0.2) is 0 Å². The van der Waals surface area contributed by atoms with E-state index in [1.807, 2.05) is 19.9 Å². The number of phenols is 1. The van der Waals surface area contributed by atoms with Gasteiger partial charge in [0.05, 0.1) is 6.54 Å². The zero-order valence-electron chi connectivity index (χ0n) is 21.6. The molecule has 188 valence electrons. The molecule has 1 unspecified atom stereocenters. The molecule has 0 spiro atoms. The van der Waals surface area contributed by atoms with Gasteiger partial charge in [-0.2, -0.15) is 0 Å². The third kappa shape index (κ3) is 8.10. The van der Waals surface area contributed by atoms with Gasteiger partial charge in [0, 0.05) is 11.5 Å². The second kappa shape index (κ2) is 13.3. The van der Waals surface area contributed by atoms with E-state index in [2.05, 4.69) is 54.8 Å². The molecule has 2 aliphatic rings. The Bertz CT molecular complexity index is 1000. The van der Waals surface area contributed by atoms with Crippen LogP contribution < -0.4 is 4.74 Å². The zero-order valence-corrected chi connectivity index (χ0v) is 21.6. The number of aromatic hydroxyl groups is 1. The number of likely N-dealkylation sites (tertiary alicyclic amines) is 1. The van der Waals surface area contributed by atoms with Crippen molar-refractivity contribution in [1.29, 1.82) is 0 Å². The van der Waals surface area contributed by atoms with E-state index < -0.39 is 0 Å². The Balaban J connectivity index is 0.00000108. The molecule has 2 aromatic rings. The summed E-state index contributed by atoms with van der Waals surface area (Å²) < 4.78 is 5.85. The Morgan fingerprint density at radius 3 is 2.49 bits per heavy atom. The molecule has 4 nitrogen and oxygen atoms in total. The molecule has 1 aliphatic heterocycles. The number of piperidine rings is 1. The summed E-state index contributed by atoms with van der Waals surface area (Å²) >= 11 is 0. The minimum atomic E-state index is -0.241. The molecule has 4 heteroatoms. The lowest BCUT2D eigenvalue weighted by Gasteiger charge is -2.31. The molecule has 0 saturated carbocycles. The Morgan fingerprint density at radius 1 is 1.14 bits per heavy atom. The highest BCUT2D eigenvalue weighted by atomic mass is 16.5. The SMILES string of the molecule is C=CC.CC1=CC(c2c(O)cc(C)cc2OC(=O)CN2CCC(Cc3ccccc3)CC2)CCC1. The molecular weight excluding hydrogens is 434 g/mol. The minimum Gasteiger partial charge on any atom is -0.507 e. The molecule has 1 saturated heterocycles. The number of aryl methyl sites for hydroxylation is 1. The van der Waals surface area contributed by atoms with Crippen molar-refractivity contribution in [1.82, 2.24) is 4.90 Å². The monoisotopic (exact) mass is 475 g/mol. The number of ether oxygens (including phenoxy) is 1. The summed E-state index contributed by atoms with van der Waals surface area (Å²) in [5.41, 5.74) is 4.37. The summed E-state index contributed by atoms with van der Waals surface area (Å²) in [6, 6.07) is 14.3. The highest BCUT2D eigenvalue weighted by Crippen LogP contribution is 2.42. The van der Waals surface area contributed by atoms with E-state index >= 15 is 0 Å². The predicted molar refractivity (Wildman–Crippen MR) is 144 cm³/mol. The normalized spacial score (nSPS) is 18.7. The topological polar surface area (TPSA) is 49.8 Å². The summed E-state index contributed by atoms with van der Waals surface area (Å²) in [4.78, 5) is 15.0. The van der Waals surface area contributed by atoms with Crippen LogP contribution >= 0.6 is 0 Å². The van der Waals surface area contributed by atoms with Crippen molar-refractivity contribution in [2.75, 3.05) is 19.6 Å². The number of hydrogen-bond acceptors (Lipinski definition) is 4. The number of esters is 1. The van der Waals surface area contributed by atoms with Crippen molar-refractivity contribution in [3.63, 3.8) is 0 Å². The fourth-order valence-electron chi connectivity index (χ4n) is 5.18. The molecular formula is C31H41NO3. The summed E-state index contributed by atoms with van der Waals surface area (Å²) in [5, 5.41) is 10.7. The van der Waals surface area contributed by atoms with Gasteiger partial charge in [-0.3, -0.25) is 9.69 Å². The van der Waals surface area contributed by atoms with Crippen LogP contribution in [0, 0.1) is 12.8 Å². The first-order chi connectivity index (χ1) is 16.9. The van der Waals surface area contributed by atoms with Crippen molar-refractivity contribution in [3.8, 4) is 11.5 Å². The van der Waals surface area contributed by atoms with Gasteiger partial charge in [-0.1, -0.05) is 48.1 Å². The molecule has 1 N–H and O–H groups in total. The second-order valence-electron chi connectivity index (χ2n) is 10.00. The minimum absolute atomic E-state index is 0.0980. The van der Waals surface area contributed by atoms with E-state index in [0.717, 1.165) is 62.7 Å². The Hall–Kier alpha value is -2.85. The molecule has 0 aromatic heterocycles. The lowest BCUT2D eigenvalue weighted by molar-refractivity contribution is -0.136. The maximum Gasteiger partial charge on any atom is 0.325 e. The Morgan fingerprint density at radius 2 is 1.83 bits per heavy atom. The summed E-state index contributed by atoms with van der Waals surface area (Å²) in [6.45, 7) is 11.4. The van der Waals surface area contributed by atoms with E-state index in [4.69, 9.17) is 4.74 Å². The van der Waals surface area contributed by atoms with Crippen molar-refractivity contribution in [2.45, 2.75) is 65.2 Å². The lowest BCUT2D eigenvalue weighted by atomic mass is 9.85. The van der Waals surface area contributed by atoms with E-state index in [-0.39, 0.29) is 17.6 Å². The van der Waals surface area contributed by atoms with Crippen molar-refractivity contribution in [3.05, 3.63) is 83.5 Å². The molecule has 2 aromatic carbocycles. The number of phenolic OH excluding ortho intramolecular Hbond substituents is 1. The number of carbonyl (C=O) groups excluding carboxylic acids is 1. The highest BCUT2D eigenvalue weighted by Gasteiger charge is 2.25. The van der Waals surface area contributed by atoms with E-state index in [9.17, 15) is 9.90 Å². The van der Waals surface area contributed by atoms with Crippen LogP contribution in [0.2, 0.25) is 0 Å². The third-order valence-electron chi connectivity index (χ3n) is 6.86. The smallest absolute Gasteiger partial charge is 0.325 e. The van der Waals surface area contributed by atoms with Gasteiger partial charge >= 0.3 is 5.97 Å². The maximum atomic E-state index is 12.8. The quantitative estimate of drug-likeness (QED) is 0.278. The highest BCUT2D eigenvalue weighted by molar-refractivity contribution is 5.75. The number of nitrogens with zero attached hydrogens (tertiary/aromatic N) is 1. The molecule has 0 amide bonds. The van der Waals surface area contributed by atoms with Crippen LogP contribution in [0.4, 0.5) is 0 Å². The van der Waals surface area contributed by atoms with Crippen molar-refractivity contribution < 1.29 is 14.6 Å². The van der Waals surface area contributed by atoms with Gasteiger partial charge in [0.1, 0.15) is 11.5 Å². The first kappa shape index (κ1) is 26.7. The molecule has 0 radical (unpaired) electrons. The molecule has 1 aliphatic carbocycles. The van der Waals surface area contributed by atoms with Gasteiger partial charge in [0.2, 0.25) is 0 Å². The van der Waals surface area contributed by atoms with E-state index in [0.29, 0.717) is 18.2 Å². The van der Waals surface area contributed by atoms with Crippen molar-refractivity contribution in [2.24, 2.45) is 5.92 Å². The number of allylic oxidation sites excluding steroid dienone is 3. The van der Waals surface area contributed by atoms with Gasteiger partial charge < -0.3 is 9.84 Å². The average Bonchev–Trinajstić information content (AvgIpc) is 2.81. The van der Waals surface area contributed by atoms with Gasteiger partial charge in [0.25, 0.3) is 0 Å². The predicted octanol–water partition coefficient (Wildman–Crippen LogP) is 6.97. The van der Waals surface area contributed by atoms with Crippen LogP contribution in [-0.2, 0) is 11.2 Å². The molecule has 1 heterocycles. The van der Waals surface area contributed by atoms with Crippen LogP contribution in [0.25, 0.3) is 0 Å². The largest absolute Gasteiger partial charge is 0.507 e.